The summed E-state index contributed by atoms with van der Waals surface area (Å²) < 4.78 is 5.38. The molecule has 3 rings (SSSR count). The zero-order valence-electron chi connectivity index (χ0n) is 13.0. The van der Waals surface area contributed by atoms with Gasteiger partial charge in [0.1, 0.15) is 0 Å². The van der Waals surface area contributed by atoms with Gasteiger partial charge in [0, 0.05) is 57.8 Å². The summed E-state index contributed by atoms with van der Waals surface area (Å²) >= 11 is 0. The number of ether oxygens (including phenoxy) is 1. The van der Waals surface area contributed by atoms with E-state index in [1.165, 1.54) is 6.20 Å². The SMILES string of the molecule is O=C(O)[C@H]1CN(C(=O)c2ncc[nH]2)CCN(C2CCOCC2)C1. The second-order valence-corrected chi connectivity index (χ2v) is 6.06. The monoisotopic (exact) mass is 322 g/mol. The third-order valence-corrected chi connectivity index (χ3v) is 4.60. The highest BCUT2D eigenvalue weighted by molar-refractivity contribution is 5.90. The van der Waals surface area contributed by atoms with Crippen molar-refractivity contribution in [3.8, 4) is 0 Å². The fourth-order valence-electron chi connectivity index (χ4n) is 3.29. The summed E-state index contributed by atoms with van der Waals surface area (Å²) in [6, 6.07) is 0.337. The number of aromatic nitrogens is 2. The molecule has 1 atom stereocenters. The Balaban J connectivity index is 1.72. The van der Waals surface area contributed by atoms with Gasteiger partial charge in [0.15, 0.2) is 5.82 Å². The standard InChI is InChI=1S/C15H22N4O4/c20-14(13-16-3-4-17-13)19-6-5-18(9-11(10-19)15(21)22)12-1-7-23-8-2-12/h3-4,11-12H,1-2,5-10H2,(H,16,17)(H,21,22)/t11-/m1/s1. The van der Waals surface area contributed by atoms with Gasteiger partial charge < -0.3 is 19.7 Å². The predicted octanol–water partition coefficient (Wildman–Crippen LogP) is 0.0473. The lowest BCUT2D eigenvalue weighted by Gasteiger charge is -2.34. The van der Waals surface area contributed by atoms with E-state index in [1.54, 1.807) is 11.1 Å². The number of nitrogens with zero attached hydrogens (tertiary/aromatic N) is 3. The summed E-state index contributed by atoms with van der Waals surface area (Å²) in [4.78, 5) is 34.6. The van der Waals surface area contributed by atoms with E-state index in [-0.39, 0.29) is 18.3 Å². The lowest BCUT2D eigenvalue weighted by atomic mass is 10.0. The molecule has 8 nitrogen and oxygen atoms in total. The van der Waals surface area contributed by atoms with E-state index >= 15 is 0 Å². The van der Waals surface area contributed by atoms with Gasteiger partial charge in [-0.15, -0.1) is 0 Å². The van der Waals surface area contributed by atoms with Crippen molar-refractivity contribution in [1.82, 2.24) is 19.8 Å². The Kier molecular flexibility index (Phi) is 4.92. The van der Waals surface area contributed by atoms with Gasteiger partial charge in [-0.05, 0) is 12.8 Å². The molecule has 2 N–H and O–H groups in total. The van der Waals surface area contributed by atoms with Crippen LogP contribution in [0.15, 0.2) is 12.4 Å². The van der Waals surface area contributed by atoms with Crippen molar-refractivity contribution in [3.63, 3.8) is 0 Å². The number of amides is 1. The Labute approximate surface area is 134 Å². The van der Waals surface area contributed by atoms with E-state index in [0.29, 0.717) is 38.9 Å². The highest BCUT2D eigenvalue weighted by Gasteiger charge is 2.34. The molecule has 1 amide bonds. The molecular weight excluding hydrogens is 300 g/mol. The van der Waals surface area contributed by atoms with Crippen molar-refractivity contribution >= 4 is 11.9 Å². The van der Waals surface area contributed by atoms with Gasteiger partial charge in [0.2, 0.25) is 0 Å². The van der Waals surface area contributed by atoms with Crippen LogP contribution in [0, 0.1) is 5.92 Å². The number of hydrogen-bond donors (Lipinski definition) is 2. The van der Waals surface area contributed by atoms with Crippen LogP contribution in [-0.2, 0) is 9.53 Å². The third kappa shape index (κ3) is 3.70. The van der Waals surface area contributed by atoms with Gasteiger partial charge in [-0.2, -0.15) is 0 Å². The molecule has 8 heteroatoms. The van der Waals surface area contributed by atoms with Crippen molar-refractivity contribution in [1.29, 1.82) is 0 Å². The Morgan fingerprint density at radius 3 is 2.70 bits per heavy atom. The Bertz CT molecular complexity index is 542. The summed E-state index contributed by atoms with van der Waals surface area (Å²) in [6.45, 7) is 3.32. The van der Waals surface area contributed by atoms with Crippen LogP contribution in [0.3, 0.4) is 0 Å². The molecule has 2 aliphatic heterocycles. The molecule has 0 aliphatic carbocycles. The fraction of sp³-hybridized carbons (Fsp3) is 0.667. The van der Waals surface area contributed by atoms with Crippen LogP contribution in [0.4, 0.5) is 0 Å². The molecule has 1 aromatic heterocycles. The average Bonchev–Trinajstić information content (AvgIpc) is 3.00. The first-order chi connectivity index (χ1) is 11.1. The fourth-order valence-corrected chi connectivity index (χ4v) is 3.29. The summed E-state index contributed by atoms with van der Waals surface area (Å²) in [5.41, 5.74) is 0. The van der Waals surface area contributed by atoms with Crippen molar-refractivity contribution in [2.24, 2.45) is 5.92 Å². The van der Waals surface area contributed by atoms with Crippen LogP contribution in [-0.4, -0.2) is 82.2 Å². The molecule has 23 heavy (non-hydrogen) atoms. The maximum absolute atomic E-state index is 12.5. The number of carbonyl (C=O) groups is 2. The van der Waals surface area contributed by atoms with Crippen LogP contribution < -0.4 is 0 Å². The van der Waals surface area contributed by atoms with Crippen molar-refractivity contribution in [2.75, 3.05) is 39.4 Å². The minimum absolute atomic E-state index is 0.217. The number of rotatable bonds is 3. The smallest absolute Gasteiger partial charge is 0.309 e. The molecule has 0 unspecified atom stereocenters. The number of H-pyrrole nitrogens is 1. The largest absolute Gasteiger partial charge is 0.481 e. The maximum Gasteiger partial charge on any atom is 0.309 e. The molecule has 0 aromatic carbocycles. The number of carbonyl (C=O) groups excluding carboxylic acids is 1. The number of aromatic amines is 1. The summed E-state index contributed by atoms with van der Waals surface area (Å²) in [6.07, 6.45) is 4.94. The van der Waals surface area contributed by atoms with E-state index < -0.39 is 11.9 Å². The van der Waals surface area contributed by atoms with Crippen LogP contribution >= 0.6 is 0 Å². The van der Waals surface area contributed by atoms with Gasteiger partial charge in [-0.25, -0.2) is 4.98 Å². The molecule has 1 aromatic rings. The molecule has 0 spiro atoms. The van der Waals surface area contributed by atoms with Gasteiger partial charge in [-0.3, -0.25) is 14.5 Å². The summed E-state index contributed by atoms with van der Waals surface area (Å²) in [7, 11) is 0. The average molecular weight is 322 g/mol. The lowest BCUT2D eigenvalue weighted by Crippen LogP contribution is -2.43. The second-order valence-electron chi connectivity index (χ2n) is 6.06. The number of nitrogens with one attached hydrogen (secondary N) is 1. The van der Waals surface area contributed by atoms with E-state index in [2.05, 4.69) is 14.9 Å². The zero-order chi connectivity index (χ0) is 16.2. The first kappa shape index (κ1) is 15.9. The Morgan fingerprint density at radius 2 is 2.04 bits per heavy atom. The Morgan fingerprint density at radius 1 is 1.26 bits per heavy atom. The van der Waals surface area contributed by atoms with Crippen LogP contribution in [0.2, 0.25) is 0 Å². The molecule has 0 saturated carbocycles. The van der Waals surface area contributed by atoms with Crippen LogP contribution in [0.5, 0.6) is 0 Å². The van der Waals surface area contributed by atoms with Gasteiger partial charge >= 0.3 is 5.97 Å². The van der Waals surface area contributed by atoms with Crippen LogP contribution in [0.25, 0.3) is 0 Å². The third-order valence-electron chi connectivity index (χ3n) is 4.60. The van der Waals surface area contributed by atoms with Gasteiger partial charge in [-0.1, -0.05) is 0 Å². The van der Waals surface area contributed by atoms with E-state index in [9.17, 15) is 14.7 Å². The molecule has 126 valence electrons. The molecular formula is C15H22N4O4. The van der Waals surface area contributed by atoms with Crippen molar-refractivity contribution < 1.29 is 19.4 Å². The second kappa shape index (κ2) is 7.10. The quantitative estimate of drug-likeness (QED) is 0.816. The van der Waals surface area contributed by atoms with Crippen molar-refractivity contribution in [2.45, 2.75) is 18.9 Å². The first-order valence-electron chi connectivity index (χ1n) is 7.98. The molecule has 0 radical (unpaired) electrons. The van der Waals surface area contributed by atoms with Crippen LogP contribution in [0.1, 0.15) is 23.5 Å². The first-order valence-corrected chi connectivity index (χ1v) is 7.98. The number of hydrogen-bond acceptors (Lipinski definition) is 5. The highest BCUT2D eigenvalue weighted by Crippen LogP contribution is 2.20. The minimum Gasteiger partial charge on any atom is -0.481 e. The number of carboxylic acids is 1. The zero-order valence-corrected chi connectivity index (χ0v) is 13.0. The molecule has 2 saturated heterocycles. The lowest BCUT2D eigenvalue weighted by molar-refractivity contribution is -0.142. The van der Waals surface area contributed by atoms with E-state index in [4.69, 9.17) is 4.74 Å². The number of imidazole rings is 1. The molecule has 3 heterocycles. The number of aliphatic carboxylic acids is 1. The predicted molar refractivity (Wildman–Crippen MR) is 81.0 cm³/mol. The van der Waals surface area contributed by atoms with E-state index in [0.717, 1.165) is 12.8 Å². The normalized spacial score (nSPS) is 24.3. The molecule has 2 aliphatic rings. The molecule has 0 bridgehead atoms. The van der Waals surface area contributed by atoms with E-state index in [1.807, 2.05) is 0 Å². The number of carboxylic acid groups (broad SMARTS) is 1. The minimum atomic E-state index is -0.860. The van der Waals surface area contributed by atoms with Gasteiger partial charge in [0.25, 0.3) is 5.91 Å². The summed E-state index contributed by atoms with van der Waals surface area (Å²) in [5.74, 6) is -1.43. The maximum atomic E-state index is 12.5. The topological polar surface area (TPSA) is 98.8 Å². The van der Waals surface area contributed by atoms with Gasteiger partial charge in [0.05, 0.1) is 5.92 Å². The highest BCUT2D eigenvalue weighted by atomic mass is 16.5. The summed E-state index contributed by atoms with van der Waals surface area (Å²) in [5, 5.41) is 9.50. The molecule has 2 fully saturated rings. The van der Waals surface area contributed by atoms with Crippen molar-refractivity contribution in [3.05, 3.63) is 18.2 Å². The Hall–Kier alpha value is -1.93.